The lowest BCUT2D eigenvalue weighted by molar-refractivity contribution is -0.463. The molecule has 206 valence electrons. The van der Waals surface area contributed by atoms with Gasteiger partial charge in [-0.2, -0.15) is 74.6 Å². The molecule has 35 heavy (non-hydrogen) atoms. The van der Waals surface area contributed by atoms with Gasteiger partial charge < -0.3 is 9.84 Å². The molecule has 0 aliphatic carbocycles. The van der Waals surface area contributed by atoms with Crippen LogP contribution in [0.4, 0.5) is 74.6 Å². The fourth-order valence-corrected chi connectivity index (χ4v) is 1.86. The largest absolute Gasteiger partial charge is 0.478 e. The lowest BCUT2D eigenvalue weighted by atomic mass is 9.88. The minimum Gasteiger partial charge on any atom is -0.478 e. The summed E-state index contributed by atoms with van der Waals surface area (Å²) >= 11 is 0. The topological polar surface area (TPSA) is 63.6 Å². The molecule has 0 rings (SSSR count). The lowest BCUT2D eigenvalue weighted by Gasteiger charge is -2.43. The molecule has 0 aliphatic rings. The second-order valence-electron chi connectivity index (χ2n) is 6.32. The number of hydrogen-bond acceptors (Lipinski definition) is 3. The predicted octanol–water partition coefficient (Wildman–Crippen LogP) is 5.57. The standard InChI is InChI=1S/C14H7F17O4/c1-4(35-6(34)3-2-5(32)33)7(15,16)8(17,18)9(19,20)10(21,22)11(23,24)12(25,26)13(27,28)14(29,30)31/h2-4H,1H3,(H,32,33)/b3-2-. The van der Waals surface area contributed by atoms with Gasteiger partial charge in [0.2, 0.25) is 0 Å². The minimum atomic E-state index is -8.77. The number of carbonyl (C=O) groups excluding carboxylic acids is 1. The fourth-order valence-electron chi connectivity index (χ4n) is 1.86. The Kier molecular flexibility index (Phi) is 8.22. The van der Waals surface area contributed by atoms with Gasteiger partial charge in [0.1, 0.15) is 0 Å². The number of esters is 1. The van der Waals surface area contributed by atoms with Crippen LogP contribution in [0.5, 0.6) is 0 Å². The Hall–Kier alpha value is -2.51. The number of ether oxygens (including phenoxy) is 1. The van der Waals surface area contributed by atoms with Crippen molar-refractivity contribution in [3.8, 4) is 0 Å². The van der Waals surface area contributed by atoms with Gasteiger partial charge in [0, 0.05) is 12.2 Å². The van der Waals surface area contributed by atoms with Gasteiger partial charge in [0.25, 0.3) is 0 Å². The van der Waals surface area contributed by atoms with E-state index in [-0.39, 0.29) is 12.2 Å². The van der Waals surface area contributed by atoms with E-state index in [1.807, 2.05) is 0 Å². The highest BCUT2D eigenvalue weighted by molar-refractivity contribution is 5.90. The summed E-state index contributed by atoms with van der Waals surface area (Å²) in [6.07, 6.45) is -12.5. The average molecular weight is 562 g/mol. The fraction of sp³-hybridized carbons (Fsp3) is 0.714. The van der Waals surface area contributed by atoms with Crippen LogP contribution in [0.3, 0.4) is 0 Å². The maximum absolute atomic E-state index is 13.7. The first kappa shape index (κ1) is 32.5. The van der Waals surface area contributed by atoms with Crippen LogP contribution in [0.2, 0.25) is 0 Å². The van der Waals surface area contributed by atoms with E-state index < -0.39 is 72.6 Å². The zero-order chi connectivity index (χ0) is 28.9. The number of alkyl halides is 17. The molecule has 21 heteroatoms. The Balaban J connectivity index is 6.58. The second-order valence-corrected chi connectivity index (χ2v) is 6.32. The van der Waals surface area contributed by atoms with E-state index in [0.29, 0.717) is 0 Å². The van der Waals surface area contributed by atoms with Crippen molar-refractivity contribution in [3.63, 3.8) is 0 Å². The number of aliphatic carboxylic acids is 1. The number of rotatable bonds is 10. The summed E-state index contributed by atoms with van der Waals surface area (Å²) in [6.45, 7) is -0.501. The molecule has 1 N–H and O–H groups in total. The third-order valence-corrected chi connectivity index (χ3v) is 3.91. The molecule has 0 saturated heterocycles. The van der Waals surface area contributed by atoms with Crippen LogP contribution in [0.1, 0.15) is 6.92 Å². The normalized spacial score (nSPS) is 16.4. The van der Waals surface area contributed by atoms with Crippen molar-refractivity contribution in [2.75, 3.05) is 0 Å². The van der Waals surface area contributed by atoms with Crippen molar-refractivity contribution < 1.29 is 94.1 Å². The number of halogens is 17. The van der Waals surface area contributed by atoms with Crippen molar-refractivity contribution in [1.29, 1.82) is 0 Å². The van der Waals surface area contributed by atoms with Crippen molar-refractivity contribution in [1.82, 2.24) is 0 Å². The Morgan fingerprint density at radius 1 is 0.600 bits per heavy atom. The number of carbonyl (C=O) groups is 2. The van der Waals surface area contributed by atoms with Gasteiger partial charge in [-0.1, -0.05) is 0 Å². The van der Waals surface area contributed by atoms with E-state index >= 15 is 0 Å². The Morgan fingerprint density at radius 3 is 1.23 bits per heavy atom. The van der Waals surface area contributed by atoms with Crippen molar-refractivity contribution in [3.05, 3.63) is 12.2 Å². The Bertz CT molecular complexity index is 842. The molecule has 0 saturated carbocycles. The molecule has 0 fully saturated rings. The van der Waals surface area contributed by atoms with Gasteiger partial charge in [-0.05, 0) is 6.92 Å². The van der Waals surface area contributed by atoms with Crippen LogP contribution < -0.4 is 0 Å². The molecule has 0 bridgehead atoms. The summed E-state index contributed by atoms with van der Waals surface area (Å²) in [5.74, 6) is -62.3. The summed E-state index contributed by atoms with van der Waals surface area (Å²) in [6, 6.07) is 0. The monoisotopic (exact) mass is 562 g/mol. The first-order valence-corrected chi connectivity index (χ1v) is 7.81. The Morgan fingerprint density at radius 2 is 0.914 bits per heavy atom. The van der Waals surface area contributed by atoms with Gasteiger partial charge in [-0.25, -0.2) is 9.59 Å². The molecule has 0 aromatic carbocycles. The van der Waals surface area contributed by atoms with E-state index in [1.165, 1.54) is 0 Å². The number of hydrogen-bond donors (Lipinski definition) is 1. The maximum atomic E-state index is 13.7. The summed E-state index contributed by atoms with van der Waals surface area (Å²) in [5, 5.41) is 8.13. The summed E-state index contributed by atoms with van der Waals surface area (Å²) < 4.78 is 226. The predicted molar refractivity (Wildman–Crippen MR) is 73.0 cm³/mol. The van der Waals surface area contributed by atoms with Crippen molar-refractivity contribution in [2.24, 2.45) is 0 Å². The van der Waals surface area contributed by atoms with E-state index in [0.717, 1.165) is 0 Å². The van der Waals surface area contributed by atoms with Crippen LogP contribution in [0, 0.1) is 0 Å². The SMILES string of the molecule is CC(OC(=O)/C=C\C(=O)O)C(F)(F)C(F)(F)C(F)(F)C(F)(F)C(F)(F)C(F)(F)C(F)(F)C(F)(F)F. The van der Waals surface area contributed by atoms with Crippen LogP contribution in [-0.4, -0.2) is 70.8 Å². The molecule has 0 aliphatic heterocycles. The second kappa shape index (κ2) is 8.86. The highest BCUT2D eigenvalue weighted by atomic mass is 19.4. The van der Waals surface area contributed by atoms with Gasteiger partial charge in [-0.3, -0.25) is 0 Å². The summed E-state index contributed by atoms with van der Waals surface area (Å²) in [5.41, 5.74) is 0. The van der Waals surface area contributed by atoms with E-state index in [1.54, 1.807) is 0 Å². The van der Waals surface area contributed by atoms with Crippen LogP contribution >= 0.6 is 0 Å². The highest BCUT2D eigenvalue weighted by Crippen LogP contribution is 2.64. The van der Waals surface area contributed by atoms with Gasteiger partial charge in [-0.15, -0.1) is 0 Å². The first-order chi connectivity index (χ1) is 15.0. The summed E-state index contributed by atoms with van der Waals surface area (Å²) in [4.78, 5) is 21.1. The molecule has 4 nitrogen and oxygen atoms in total. The molecular weight excluding hydrogens is 555 g/mol. The molecule has 0 amide bonds. The molecule has 0 heterocycles. The zero-order valence-electron chi connectivity index (χ0n) is 15.8. The molecule has 0 radical (unpaired) electrons. The minimum absolute atomic E-state index is 0.225. The zero-order valence-corrected chi connectivity index (χ0v) is 15.8. The highest BCUT2D eigenvalue weighted by Gasteiger charge is 2.95. The third-order valence-electron chi connectivity index (χ3n) is 3.91. The quantitative estimate of drug-likeness (QED) is 0.215. The van der Waals surface area contributed by atoms with E-state index in [2.05, 4.69) is 4.74 Å². The molecule has 0 aromatic rings. The van der Waals surface area contributed by atoms with Crippen LogP contribution in [0.15, 0.2) is 12.2 Å². The molecule has 0 spiro atoms. The molecule has 0 aromatic heterocycles. The number of carboxylic acids is 1. The van der Waals surface area contributed by atoms with E-state index in [9.17, 15) is 84.2 Å². The lowest BCUT2D eigenvalue weighted by Crippen LogP contribution is -2.75. The third kappa shape index (κ3) is 4.81. The van der Waals surface area contributed by atoms with Gasteiger partial charge in [0.15, 0.2) is 6.10 Å². The average Bonchev–Trinajstić information content (AvgIpc) is 2.64. The van der Waals surface area contributed by atoms with E-state index in [4.69, 9.17) is 5.11 Å². The Labute approximate surface area is 180 Å². The molecule has 1 unspecified atom stereocenters. The molecule has 1 atom stereocenters. The summed E-state index contributed by atoms with van der Waals surface area (Å²) in [7, 11) is 0. The van der Waals surface area contributed by atoms with Crippen LogP contribution in [0.25, 0.3) is 0 Å². The van der Waals surface area contributed by atoms with Crippen molar-refractivity contribution >= 4 is 11.9 Å². The van der Waals surface area contributed by atoms with Gasteiger partial charge >= 0.3 is 59.6 Å². The van der Waals surface area contributed by atoms with Gasteiger partial charge in [0.05, 0.1) is 0 Å². The van der Waals surface area contributed by atoms with Crippen LogP contribution in [-0.2, 0) is 14.3 Å². The number of carboxylic acid groups (broad SMARTS) is 1. The first-order valence-electron chi connectivity index (χ1n) is 7.81. The van der Waals surface area contributed by atoms with Crippen molar-refractivity contribution in [2.45, 2.75) is 60.7 Å². The maximum Gasteiger partial charge on any atom is 0.460 e. The smallest absolute Gasteiger partial charge is 0.460 e. The molecular formula is C14H7F17O4.